The Kier molecular flexibility index (Phi) is 20.2. The standard InChI is InChI=1S/C22H46N2O2/c1-3-4-5-6-7-8-9-10-11-12-13-14-15-17-22(26)23-18-16-19-24(2)20-21-25/h25H,3-21H2,1-2H3,(H,23,26). The molecule has 0 aliphatic rings. The summed E-state index contributed by atoms with van der Waals surface area (Å²) < 4.78 is 0. The van der Waals surface area contributed by atoms with Crippen molar-refractivity contribution in [3.05, 3.63) is 0 Å². The number of aliphatic hydroxyl groups excluding tert-OH is 1. The molecule has 0 aliphatic carbocycles. The number of likely N-dealkylation sites (N-methyl/N-ethyl adjacent to an activating group) is 1. The number of unbranched alkanes of at least 4 members (excludes halogenated alkanes) is 12. The highest BCUT2D eigenvalue weighted by Crippen LogP contribution is 2.12. The molecule has 0 bridgehead atoms. The van der Waals surface area contributed by atoms with Crippen LogP contribution in [0.25, 0.3) is 0 Å². The van der Waals surface area contributed by atoms with Crippen LogP contribution in [0, 0.1) is 0 Å². The van der Waals surface area contributed by atoms with Crippen molar-refractivity contribution in [2.45, 2.75) is 103 Å². The first-order valence-electron chi connectivity index (χ1n) is 11.3. The molecule has 0 saturated heterocycles. The van der Waals surface area contributed by atoms with Gasteiger partial charge in [-0.1, -0.05) is 84.0 Å². The SMILES string of the molecule is CCCCCCCCCCCCCCCC(=O)NCCCN(C)CCO. The predicted molar refractivity (Wildman–Crippen MR) is 113 cm³/mol. The van der Waals surface area contributed by atoms with E-state index in [0.717, 1.165) is 25.9 Å². The molecule has 0 fully saturated rings. The smallest absolute Gasteiger partial charge is 0.219 e. The first-order valence-corrected chi connectivity index (χ1v) is 11.3. The lowest BCUT2D eigenvalue weighted by atomic mass is 10.0. The molecule has 4 heteroatoms. The van der Waals surface area contributed by atoms with Crippen LogP contribution in [0.2, 0.25) is 0 Å². The zero-order chi connectivity index (χ0) is 19.3. The summed E-state index contributed by atoms with van der Waals surface area (Å²) in [5.74, 6) is 0.192. The summed E-state index contributed by atoms with van der Waals surface area (Å²) in [6.45, 7) is 4.83. The van der Waals surface area contributed by atoms with Crippen molar-refractivity contribution in [3.8, 4) is 0 Å². The normalized spacial score (nSPS) is 11.2. The van der Waals surface area contributed by atoms with Crippen molar-refractivity contribution in [2.24, 2.45) is 0 Å². The molecule has 0 atom stereocenters. The Balaban J connectivity index is 3.18. The average Bonchev–Trinajstić information content (AvgIpc) is 2.63. The minimum atomic E-state index is 0.192. The molecule has 156 valence electrons. The lowest BCUT2D eigenvalue weighted by Crippen LogP contribution is -2.29. The quantitative estimate of drug-likeness (QED) is 0.300. The van der Waals surface area contributed by atoms with E-state index < -0.39 is 0 Å². The molecule has 1 amide bonds. The number of hydrogen-bond donors (Lipinski definition) is 2. The van der Waals surface area contributed by atoms with Crippen LogP contribution in [-0.2, 0) is 4.79 Å². The number of hydrogen-bond acceptors (Lipinski definition) is 3. The number of carbonyl (C=O) groups excluding carboxylic acids is 1. The maximum atomic E-state index is 11.8. The summed E-state index contributed by atoms with van der Waals surface area (Å²) in [6, 6.07) is 0. The Hall–Kier alpha value is -0.610. The van der Waals surface area contributed by atoms with Crippen LogP contribution in [0.15, 0.2) is 0 Å². The summed E-state index contributed by atoms with van der Waals surface area (Å²) in [4.78, 5) is 13.8. The van der Waals surface area contributed by atoms with Gasteiger partial charge in [0.25, 0.3) is 0 Å². The fourth-order valence-electron chi connectivity index (χ4n) is 3.25. The first kappa shape index (κ1) is 25.4. The second-order valence-corrected chi connectivity index (χ2v) is 7.72. The van der Waals surface area contributed by atoms with E-state index in [1.165, 1.54) is 77.0 Å². The van der Waals surface area contributed by atoms with Crippen molar-refractivity contribution in [1.29, 1.82) is 0 Å². The molecule has 0 rings (SSSR count). The third-order valence-corrected chi connectivity index (χ3v) is 5.03. The van der Waals surface area contributed by atoms with Crippen LogP contribution in [0.5, 0.6) is 0 Å². The summed E-state index contributed by atoms with van der Waals surface area (Å²) in [5.41, 5.74) is 0. The maximum absolute atomic E-state index is 11.8. The van der Waals surface area contributed by atoms with Gasteiger partial charge in [-0.25, -0.2) is 0 Å². The number of aliphatic hydroxyl groups is 1. The molecule has 0 aromatic rings. The van der Waals surface area contributed by atoms with Crippen LogP contribution < -0.4 is 5.32 Å². The van der Waals surface area contributed by atoms with E-state index >= 15 is 0 Å². The van der Waals surface area contributed by atoms with Gasteiger partial charge in [-0.15, -0.1) is 0 Å². The van der Waals surface area contributed by atoms with Crippen molar-refractivity contribution in [2.75, 3.05) is 33.3 Å². The molecule has 0 aromatic carbocycles. The van der Waals surface area contributed by atoms with Gasteiger partial charge in [0.15, 0.2) is 0 Å². The second-order valence-electron chi connectivity index (χ2n) is 7.72. The van der Waals surface area contributed by atoms with E-state index in [1.807, 2.05) is 7.05 Å². The van der Waals surface area contributed by atoms with Gasteiger partial charge < -0.3 is 15.3 Å². The zero-order valence-corrected chi connectivity index (χ0v) is 17.7. The molecule has 0 aliphatic heterocycles. The van der Waals surface area contributed by atoms with Gasteiger partial charge in [0, 0.05) is 19.5 Å². The molecule has 26 heavy (non-hydrogen) atoms. The van der Waals surface area contributed by atoms with Crippen LogP contribution in [-0.4, -0.2) is 49.2 Å². The molecular weight excluding hydrogens is 324 g/mol. The molecule has 0 heterocycles. The lowest BCUT2D eigenvalue weighted by molar-refractivity contribution is -0.121. The highest BCUT2D eigenvalue weighted by Gasteiger charge is 2.02. The third-order valence-electron chi connectivity index (χ3n) is 5.03. The van der Waals surface area contributed by atoms with E-state index in [4.69, 9.17) is 5.11 Å². The lowest BCUT2D eigenvalue weighted by Gasteiger charge is -2.14. The molecule has 4 nitrogen and oxygen atoms in total. The van der Waals surface area contributed by atoms with Crippen molar-refractivity contribution < 1.29 is 9.90 Å². The van der Waals surface area contributed by atoms with Crippen LogP contribution >= 0.6 is 0 Å². The number of carbonyl (C=O) groups is 1. The molecule has 0 aromatic heterocycles. The van der Waals surface area contributed by atoms with Crippen LogP contribution in [0.3, 0.4) is 0 Å². The monoisotopic (exact) mass is 370 g/mol. The molecule has 2 N–H and O–H groups in total. The summed E-state index contributed by atoms with van der Waals surface area (Å²) in [5, 5.41) is 11.8. The predicted octanol–water partition coefficient (Wildman–Crippen LogP) is 4.90. The van der Waals surface area contributed by atoms with E-state index in [-0.39, 0.29) is 12.5 Å². The van der Waals surface area contributed by atoms with Gasteiger partial charge >= 0.3 is 0 Å². The average molecular weight is 371 g/mol. The zero-order valence-electron chi connectivity index (χ0n) is 17.7. The molecule has 0 unspecified atom stereocenters. The van der Waals surface area contributed by atoms with Crippen molar-refractivity contribution in [1.82, 2.24) is 10.2 Å². The maximum Gasteiger partial charge on any atom is 0.219 e. The minimum Gasteiger partial charge on any atom is -0.395 e. The van der Waals surface area contributed by atoms with Crippen LogP contribution in [0.1, 0.15) is 103 Å². The fourth-order valence-corrected chi connectivity index (χ4v) is 3.25. The van der Waals surface area contributed by atoms with Gasteiger partial charge in [0.05, 0.1) is 6.61 Å². The number of nitrogens with zero attached hydrogens (tertiary/aromatic N) is 1. The Morgan fingerprint density at radius 3 is 1.77 bits per heavy atom. The first-order chi connectivity index (χ1) is 12.7. The van der Waals surface area contributed by atoms with Gasteiger partial charge in [0.2, 0.25) is 5.91 Å². The van der Waals surface area contributed by atoms with Crippen LogP contribution in [0.4, 0.5) is 0 Å². The largest absolute Gasteiger partial charge is 0.395 e. The van der Waals surface area contributed by atoms with E-state index in [9.17, 15) is 4.79 Å². The Bertz CT molecular complexity index is 298. The van der Waals surface area contributed by atoms with E-state index in [2.05, 4.69) is 17.1 Å². The highest BCUT2D eigenvalue weighted by atomic mass is 16.3. The van der Waals surface area contributed by atoms with Crippen molar-refractivity contribution >= 4 is 5.91 Å². The molecular formula is C22H46N2O2. The minimum absolute atomic E-state index is 0.192. The number of nitrogens with one attached hydrogen (secondary N) is 1. The summed E-state index contributed by atoms with van der Waals surface area (Å²) in [7, 11) is 1.99. The van der Waals surface area contributed by atoms with E-state index in [0.29, 0.717) is 13.0 Å². The fraction of sp³-hybridized carbons (Fsp3) is 0.955. The van der Waals surface area contributed by atoms with Gasteiger partial charge in [0.1, 0.15) is 0 Å². The Morgan fingerprint density at radius 1 is 0.769 bits per heavy atom. The molecule has 0 radical (unpaired) electrons. The second kappa shape index (κ2) is 20.7. The number of rotatable bonds is 20. The van der Waals surface area contributed by atoms with Gasteiger partial charge in [-0.2, -0.15) is 0 Å². The van der Waals surface area contributed by atoms with E-state index in [1.54, 1.807) is 0 Å². The number of amides is 1. The molecule has 0 saturated carbocycles. The Labute approximate surface area is 163 Å². The Morgan fingerprint density at radius 2 is 1.27 bits per heavy atom. The molecule has 0 spiro atoms. The summed E-state index contributed by atoms with van der Waals surface area (Å²) in [6.07, 6.45) is 19.0. The highest BCUT2D eigenvalue weighted by molar-refractivity contribution is 5.75. The summed E-state index contributed by atoms with van der Waals surface area (Å²) >= 11 is 0. The van der Waals surface area contributed by atoms with Gasteiger partial charge in [-0.3, -0.25) is 4.79 Å². The third kappa shape index (κ3) is 19.7. The van der Waals surface area contributed by atoms with Gasteiger partial charge in [-0.05, 0) is 26.4 Å². The van der Waals surface area contributed by atoms with Crippen molar-refractivity contribution in [3.63, 3.8) is 0 Å². The topological polar surface area (TPSA) is 52.6 Å².